The minimum atomic E-state index is -0.682. The molecule has 0 saturated heterocycles. The topological polar surface area (TPSA) is 148 Å². The molecule has 0 aliphatic carbocycles. The van der Waals surface area contributed by atoms with Crippen molar-refractivity contribution in [3.63, 3.8) is 0 Å². The van der Waals surface area contributed by atoms with E-state index in [1.165, 1.54) is 14.0 Å². The van der Waals surface area contributed by atoms with Gasteiger partial charge in [0.1, 0.15) is 12.1 Å². The fourth-order valence-electron chi connectivity index (χ4n) is 2.62. The third-order valence-corrected chi connectivity index (χ3v) is 4.18. The van der Waals surface area contributed by atoms with E-state index in [1.54, 1.807) is 48.5 Å². The molecule has 0 unspecified atom stereocenters. The summed E-state index contributed by atoms with van der Waals surface area (Å²) >= 11 is 0. The molecule has 0 aliphatic rings. The number of amides is 1. The molecule has 1 heterocycles. The molecular formula is C20H18N6O5. The van der Waals surface area contributed by atoms with Crippen molar-refractivity contribution in [2.75, 3.05) is 17.9 Å². The van der Waals surface area contributed by atoms with Crippen molar-refractivity contribution in [2.45, 2.75) is 6.92 Å². The number of nitro groups is 1. The Bertz CT molecular complexity index is 1130. The summed E-state index contributed by atoms with van der Waals surface area (Å²) in [5.74, 6) is -0.418. The van der Waals surface area contributed by atoms with Crippen molar-refractivity contribution >= 4 is 34.7 Å². The van der Waals surface area contributed by atoms with E-state index in [2.05, 4.69) is 26.1 Å². The van der Waals surface area contributed by atoms with Gasteiger partial charge in [0.2, 0.25) is 11.6 Å². The van der Waals surface area contributed by atoms with Gasteiger partial charge in [-0.05, 0) is 43.3 Å². The summed E-state index contributed by atoms with van der Waals surface area (Å²) in [4.78, 5) is 42.6. The molecule has 3 N–H and O–H groups in total. The second kappa shape index (κ2) is 9.31. The van der Waals surface area contributed by atoms with Gasteiger partial charge in [-0.15, -0.1) is 0 Å². The average Bonchev–Trinajstić information content (AvgIpc) is 2.77. The quantitative estimate of drug-likeness (QED) is 0.283. The van der Waals surface area contributed by atoms with E-state index in [4.69, 9.17) is 4.74 Å². The molecule has 2 aromatic carbocycles. The van der Waals surface area contributed by atoms with Gasteiger partial charge in [0, 0.05) is 16.8 Å². The zero-order valence-corrected chi connectivity index (χ0v) is 16.6. The van der Waals surface area contributed by atoms with E-state index in [0.717, 1.165) is 6.33 Å². The van der Waals surface area contributed by atoms with Gasteiger partial charge in [0.15, 0.2) is 5.78 Å². The number of methoxy groups -OCH3 is 1. The van der Waals surface area contributed by atoms with Crippen LogP contribution in [0.2, 0.25) is 0 Å². The molecule has 0 saturated carbocycles. The van der Waals surface area contributed by atoms with Gasteiger partial charge in [0.05, 0.1) is 12.0 Å². The first kappa shape index (κ1) is 21.2. The monoisotopic (exact) mass is 422 g/mol. The highest BCUT2D eigenvalue weighted by Crippen LogP contribution is 2.31. The fourth-order valence-corrected chi connectivity index (χ4v) is 2.62. The van der Waals surface area contributed by atoms with Crippen LogP contribution in [-0.4, -0.2) is 33.7 Å². The highest BCUT2D eigenvalue weighted by atomic mass is 16.6. The number of hydrazine groups is 1. The summed E-state index contributed by atoms with van der Waals surface area (Å²) in [5.41, 5.74) is 5.52. The van der Waals surface area contributed by atoms with Crippen LogP contribution in [0.5, 0.6) is 5.75 Å². The summed E-state index contributed by atoms with van der Waals surface area (Å²) in [7, 11) is 1.51. The minimum Gasteiger partial charge on any atom is -0.497 e. The van der Waals surface area contributed by atoms with E-state index >= 15 is 0 Å². The normalized spacial score (nSPS) is 10.1. The number of benzene rings is 2. The van der Waals surface area contributed by atoms with E-state index in [-0.39, 0.29) is 17.4 Å². The number of nitrogens with one attached hydrogen (secondary N) is 3. The number of rotatable bonds is 8. The van der Waals surface area contributed by atoms with E-state index < -0.39 is 16.5 Å². The third kappa shape index (κ3) is 5.09. The van der Waals surface area contributed by atoms with Crippen molar-refractivity contribution in [3.8, 4) is 5.75 Å². The highest BCUT2D eigenvalue weighted by Gasteiger charge is 2.24. The number of ether oxygens (including phenoxy) is 1. The first-order valence-corrected chi connectivity index (χ1v) is 8.97. The summed E-state index contributed by atoms with van der Waals surface area (Å²) < 4.78 is 5.04. The highest BCUT2D eigenvalue weighted by molar-refractivity contribution is 5.96. The van der Waals surface area contributed by atoms with Gasteiger partial charge in [-0.3, -0.25) is 30.6 Å². The number of nitrogens with zero attached hydrogens (tertiary/aromatic N) is 3. The van der Waals surface area contributed by atoms with E-state index in [0.29, 0.717) is 22.6 Å². The van der Waals surface area contributed by atoms with Crippen molar-refractivity contribution in [3.05, 3.63) is 76.1 Å². The maximum absolute atomic E-state index is 12.3. The molecule has 0 atom stereocenters. The lowest BCUT2D eigenvalue weighted by Gasteiger charge is -2.11. The number of aromatic nitrogens is 2. The second-order valence-electron chi connectivity index (χ2n) is 6.25. The molecule has 0 fully saturated rings. The molecule has 0 aliphatic heterocycles. The van der Waals surface area contributed by atoms with Crippen LogP contribution in [0, 0.1) is 10.1 Å². The number of carbonyl (C=O) groups excluding carboxylic acids is 2. The first-order valence-electron chi connectivity index (χ1n) is 8.97. The van der Waals surface area contributed by atoms with Gasteiger partial charge >= 0.3 is 5.69 Å². The van der Waals surface area contributed by atoms with Crippen LogP contribution < -0.4 is 20.9 Å². The standard InChI is InChI=1S/C20H18N6O5/c1-12(27)14-4-3-5-15(10-14)23-18-17(26(29)30)19(22-11-21-18)24-25-20(28)13-6-8-16(31-2)9-7-13/h3-11H,1-2H3,(H,25,28)(H2,21,22,23,24). The molecule has 1 amide bonds. The Labute approximate surface area is 176 Å². The fraction of sp³-hybridized carbons (Fsp3) is 0.100. The molecule has 158 valence electrons. The zero-order valence-electron chi connectivity index (χ0n) is 16.6. The number of Topliss-reactive ketones (excluding diaryl/α,β-unsaturated/α-hetero) is 1. The zero-order chi connectivity index (χ0) is 22.4. The van der Waals surface area contributed by atoms with Crippen LogP contribution in [0.1, 0.15) is 27.6 Å². The first-order chi connectivity index (χ1) is 14.9. The lowest BCUT2D eigenvalue weighted by atomic mass is 10.1. The van der Waals surface area contributed by atoms with Gasteiger partial charge < -0.3 is 10.1 Å². The molecule has 3 rings (SSSR count). The van der Waals surface area contributed by atoms with Crippen molar-refractivity contribution in [2.24, 2.45) is 0 Å². The predicted molar refractivity (Wildman–Crippen MR) is 112 cm³/mol. The molecule has 11 heteroatoms. The van der Waals surface area contributed by atoms with Crippen LogP contribution in [0.3, 0.4) is 0 Å². The maximum atomic E-state index is 12.3. The predicted octanol–water partition coefficient (Wildman–Crippen LogP) is 3.10. The van der Waals surface area contributed by atoms with Crippen LogP contribution in [0.4, 0.5) is 23.0 Å². The minimum absolute atomic E-state index is 0.109. The van der Waals surface area contributed by atoms with Gasteiger partial charge in [-0.25, -0.2) is 9.97 Å². The molecule has 1 aromatic heterocycles. The van der Waals surface area contributed by atoms with Gasteiger partial charge in [-0.1, -0.05) is 12.1 Å². The Kier molecular flexibility index (Phi) is 6.36. The molecule has 3 aromatic rings. The third-order valence-electron chi connectivity index (χ3n) is 4.18. The van der Waals surface area contributed by atoms with Gasteiger partial charge in [-0.2, -0.15) is 0 Å². The summed E-state index contributed by atoms with van der Waals surface area (Å²) in [6.07, 6.45) is 1.10. The summed E-state index contributed by atoms with van der Waals surface area (Å²) in [6, 6.07) is 12.8. The molecular weight excluding hydrogens is 404 g/mol. The Morgan fingerprint density at radius 2 is 1.74 bits per heavy atom. The lowest BCUT2D eigenvalue weighted by Crippen LogP contribution is -2.30. The van der Waals surface area contributed by atoms with Crippen LogP contribution in [0.15, 0.2) is 54.9 Å². The molecule has 0 bridgehead atoms. The smallest absolute Gasteiger partial charge is 0.355 e. The number of ketones is 1. The van der Waals surface area contributed by atoms with Gasteiger partial charge in [0.25, 0.3) is 5.91 Å². The Morgan fingerprint density at radius 1 is 1.03 bits per heavy atom. The number of hydrogen-bond acceptors (Lipinski definition) is 9. The number of anilines is 3. The van der Waals surface area contributed by atoms with Crippen LogP contribution >= 0.6 is 0 Å². The molecule has 0 spiro atoms. The lowest BCUT2D eigenvalue weighted by molar-refractivity contribution is -0.383. The Balaban J connectivity index is 1.81. The summed E-state index contributed by atoms with van der Waals surface area (Å²) in [6.45, 7) is 1.42. The number of carbonyl (C=O) groups is 2. The number of hydrogen-bond donors (Lipinski definition) is 3. The largest absolute Gasteiger partial charge is 0.497 e. The molecule has 0 radical (unpaired) electrons. The average molecular weight is 422 g/mol. The van der Waals surface area contributed by atoms with Crippen LogP contribution in [-0.2, 0) is 0 Å². The Morgan fingerprint density at radius 3 is 2.39 bits per heavy atom. The van der Waals surface area contributed by atoms with E-state index in [1.807, 2.05) is 0 Å². The molecule has 11 nitrogen and oxygen atoms in total. The van der Waals surface area contributed by atoms with Crippen molar-refractivity contribution in [1.29, 1.82) is 0 Å². The van der Waals surface area contributed by atoms with Crippen LogP contribution in [0.25, 0.3) is 0 Å². The SMILES string of the molecule is COc1ccc(C(=O)NNc2ncnc(Nc3cccc(C(C)=O)c3)c2[N+](=O)[O-])cc1. The maximum Gasteiger partial charge on any atom is 0.355 e. The van der Waals surface area contributed by atoms with Crippen molar-refractivity contribution in [1.82, 2.24) is 15.4 Å². The summed E-state index contributed by atoms with van der Waals surface area (Å²) in [5, 5.41) is 14.5. The second-order valence-corrected chi connectivity index (χ2v) is 6.25. The van der Waals surface area contributed by atoms with Crippen molar-refractivity contribution < 1.29 is 19.2 Å². The van der Waals surface area contributed by atoms with E-state index in [9.17, 15) is 19.7 Å². The molecule has 31 heavy (non-hydrogen) atoms. The Hall–Kier alpha value is -4.54.